The van der Waals surface area contributed by atoms with E-state index in [-0.39, 0.29) is 0 Å². The standard InChI is InChI=1S/C14H15N5/c1-3-12-18-13(16-2)8-14(19-12)17-11-6-4-5-10(7-11)9-15/h4-8H,3H2,1-2H3,(H2,16,17,18,19). The van der Waals surface area contributed by atoms with E-state index in [4.69, 9.17) is 5.26 Å². The number of nitrogens with one attached hydrogen (secondary N) is 2. The lowest BCUT2D eigenvalue weighted by molar-refractivity contribution is 0.945. The number of nitrogens with zero attached hydrogens (tertiary/aromatic N) is 3. The number of anilines is 3. The highest BCUT2D eigenvalue weighted by Crippen LogP contribution is 2.18. The van der Waals surface area contributed by atoms with Crippen LogP contribution in [0, 0.1) is 11.3 Å². The van der Waals surface area contributed by atoms with E-state index < -0.39 is 0 Å². The van der Waals surface area contributed by atoms with Crippen molar-refractivity contribution in [3.8, 4) is 6.07 Å². The van der Waals surface area contributed by atoms with Crippen LogP contribution in [0.3, 0.4) is 0 Å². The maximum Gasteiger partial charge on any atom is 0.136 e. The van der Waals surface area contributed by atoms with E-state index in [0.29, 0.717) is 11.4 Å². The Morgan fingerprint density at radius 3 is 2.68 bits per heavy atom. The van der Waals surface area contributed by atoms with Gasteiger partial charge in [-0.2, -0.15) is 5.26 Å². The molecular weight excluding hydrogens is 238 g/mol. The van der Waals surface area contributed by atoms with Crippen LogP contribution >= 0.6 is 0 Å². The minimum absolute atomic E-state index is 0.614. The van der Waals surface area contributed by atoms with Gasteiger partial charge in [0.15, 0.2) is 0 Å². The van der Waals surface area contributed by atoms with E-state index in [1.165, 1.54) is 0 Å². The van der Waals surface area contributed by atoms with Gasteiger partial charge in [-0.15, -0.1) is 0 Å². The first kappa shape index (κ1) is 12.8. The maximum absolute atomic E-state index is 8.88. The average Bonchev–Trinajstić information content (AvgIpc) is 2.47. The fourth-order valence-electron chi connectivity index (χ4n) is 1.66. The zero-order valence-corrected chi connectivity index (χ0v) is 10.9. The summed E-state index contributed by atoms with van der Waals surface area (Å²) in [6, 6.07) is 11.2. The third kappa shape index (κ3) is 3.19. The van der Waals surface area contributed by atoms with Gasteiger partial charge < -0.3 is 10.6 Å². The molecule has 1 aromatic carbocycles. The molecule has 1 aromatic heterocycles. The normalized spacial score (nSPS) is 9.74. The van der Waals surface area contributed by atoms with Crippen LogP contribution in [0.1, 0.15) is 18.3 Å². The van der Waals surface area contributed by atoms with Gasteiger partial charge in [0.05, 0.1) is 11.6 Å². The zero-order valence-electron chi connectivity index (χ0n) is 10.9. The molecular formula is C14H15N5. The molecule has 19 heavy (non-hydrogen) atoms. The molecule has 0 aliphatic rings. The van der Waals surface area contributed by atoms with E-state index in [2.05, 4.69) is 26.7 Å². The Morgan fingerprint density at radius 1 is 1.21 bits per heavy atom. The third-order valence-corrected chi connectivity index (χ3v) is 2.61. The number of hydrogen-bond donors (Lipinski definition) is 2. The van der Waals surface area contributed by atoms with E-state index in [0.717, 1.165) is 23.8 Å². The van der Waals surface area contributed by atoms with Crippen molar-refractivity contribution >= 4 is 17.3 Å². The molecule has 0 saturated heterocycles. The van der Waals surface area contributed by atoms with Crippen LogP contribution in [-0.2, 0) is 6.42 Å². The summed E-state index contributed by atoms with van der Waals surface area (Å²) < 4.78 is 0. The Morgan fingerprint density at radius 2 is 2.00 bits per heavy atom. The number of rotatable bonds is 4. The van der Waals surface area contributed by atoms with Crippen LogP contribution in [0.5, 0.6) is 0 Å². The number of aryl methyl sites for hydroxylation is 1. The molecule has 0 aliphatic carbocycles. The van der Waals surface area contributed by atoms with Gasteiger partial charge in [-0.3, -0.25) is 0 Å². The first-order chi connectivity index (χ1) is 9.25. The van der Waals surface area contributed by atoms with Crippen molar-refractivity contribution < 1.29 is 0 Å². The summed E-state index contributed by atoms with van der Waals surface area (Å²) in [6.45, 7) is 2.01. The van der Waals surface area contributed by atoms with Gasteiger partial charge in [0.25, 0.3) is 0 Å². The largest absolute Gasteiger partial charge is 0.373 e. The number of aromatic nitrogens is 2. The second-order valence-electron chi connectivity index (χ2n) is 3.98. The van der Waals surface area contributed by atoms with E-state index in [1.807, 2.05) is 32.2 Å². The molecule has 2 N–H and O–H groups in total. The first-order valence-electron chi connectivity index (χ1n) is 6.08. The van der Waals surface area contributed by atoms with Crippen molar-refractivity contribution in [2.45, 2.75) is 13.3 Å². The van der Waals surface area contributed by atoms with Crippen molar-refractivity contribution in [2.75, 3.05) is 17.7 Å². The molecule has 0 atom stereocenters. The molecule has 2 aromatic rings. The third-order valence-electron chi connectivity index (χ3n) is 2.61. The number of nitriles is 1. The molecule has 0 unspecified atom stereocenters. The van der Waals surface area contributed by atoms with Gasteiger partial charge in [-0.05, 0) is 18.2 Å². The van der Waals surface area contributed by atoms with Gasteiger partial charge in [0.2, 0.25) is 0 Å². The Hall–Kier alpha value is -2.61. The fraction of sp³-hybridized carbons (Fsp3) is 0.214. The molecule has 0 aliphatic heterocycles. The van der Waals surface area contributed by atoms with Crippen molar-refractivity contribution in [1.82, 2.24) is 9.97 Å². The van der Waals surface area contributed by atoms with Crippen LogP contribution in [0.2, 0.25) is 0 Å². The second kappa shape index (κ2) is 5.83. The van der Waals surface area contributed by atoms with E-state index >= 15 is 0 Å². The summed E-state index contributed by atoms with van der Waals surface area (Å²) in [5, 5.41) is 15.1. The summed E-state index contributed by atoms with van der Waals surface area (Å²) in [7, 11) is 1.82. The highest BCUT2D eigenvalue weighted by Gasteiger charge is 2.03. The van der Waals surface area contributed by atoms with E-state index in [9.17, 15) is 0 Å². The molecule has 0 fully saturated rings. The zero-order chi connectivity index (χ0) is 13.7. The van der Waals surface area contributed by atoms with Crippen LogP contribution in [-0.4, -0.2) is 17.0 Å². The fourth-order valence-corrected chi connectivity index (χ4v) is 1.66. The predicted octanol–water partition coefficient (Wildman–Crippen LogP) is 2.70. The molecule has 0 bridgehead atoms. The van der Waals surface area contributed by atoms with Crippen molar-refractivity contribution in [1.29, 1.82) is 5.26 Å². The molecule has 0 saturated carbocycles. The average molecular weight is 253 g/mol. The highest BCUT2D eigenvalue weighted by atomic mass is 15.1. The van der Waals surface area contributed by atoms with Gasteiger partial charge in [-0.25, -0.2) is 9.97 Å². The maximum atomic E-state index is 8.88. The molecule has 1 heterocycles. The van der Waals surface area contributed by atoms with Crippen molar-refractivity contribution in [2.24, 2.45) is 0 Å². The monoisotopic (exact) mass is 253 g/mol. The lowest BCUT2D eigenvalue weighted by Crippen LogP contribution is -2.03. The summed E-state index contributed by atoms with van der Waals surface area (Å²) in [5.41, 5.74) is 1.45. The van der Waals surface area contributed by atoms with Gasteiger partial charge >= 0.3 is 0 Å². The smallest absolute Gasteiger partial charge is 0.136 e. The van der Waals surface area contributed by atoms with Crippen LogP contribution in [0.4, 0.5) is 17.3 Å². The summed E-state index contributed by atoms with van der Waals surface area (Å²) in [4.78, 5) is 8.74. The molecule has 0 radical (unpaired) electrons. The molecule has 5 nitrogen and oxygen atoms in total. The Labute approximate surface area is 112 Å². The highest BCUT2D eigenvalue weighted by molar-refractivity contribution is 5.60. The summed E-state index contributed by atoms with van der Waals surface area (Å²) >= 11 is 0. The summed E-state index contributed by atoms with van der Waals surface area (Å²) in [6.07, 6.45) is 0.766. The predicted molar refractivity (Wildman–Crippen MR) is 75.4 cm³/mol. The number of hydrogen-bond acceptors (Lipinski definition) is 5. The molecule has 0 spiro atoms. The second-order valence-corrected chi connectivity index (χ2v) is 3.98. The minimum Gasteiger partial charge on any atom is -0.373 e. The molecule has 96 valence electrons. The lowest BCUT2D eigenvalue weighted by Gasteiger charge is -2.09. The van der Waals surface area contributed by atoms with Crippen LogP contribution < -0.4 is 10.6 Å². The van der Waals surface area contributed by atoms with Crippen molar-refractivity contribution in [3.05, 3.63) is 41.7 Å². The Kier molecular flexibility index (Phi) is 3.94. The Bertz CT molecular complexity index is 593. The molecule has 5 heteroatoms. The number of benzene rings is 1. The first-order valence-corrected chi connectivity index (χ1v) is 6.08. The van der Waals surface area contributed by atoms with Crippen molar-refractivity contribution in [3.63, 3.8) is 0 Å². The van der Waals surface area contributed by atoms with Gasteiger partial charge in [-0.1, -0.05) is 13.0 Å². The quantitative estimate of drug-likeness (QED) is 0.876. The van der Waals surface area contributed by atoms with Gasteiger partial charge in [0, 0.05) is 25.2 Å². The molecule has 2 rings (SSSR count). The van der Waals surface area contributed by atoms with E-state index in [1.54, 1.807) is 12.1 Å². The SMILES string of the molecule is CCc1nc(NC)cc(Nc2cccc(C#N)c2)n1. The summed E-state index contributed by atoms with van der Waals surface area (Å²) in [5.74, 6) is 2.25. The topological polar surface area (TPSA) is 73.6 Å². The van der Waals surface area contributed by atoms with Crippen LogP contribution in [0.15, 0.2) is 30.3 Å². The molecule has 0 amide bonds. The minimum atomic E-state index is 0.614. The van der Waals surface area contributed by atoms with Gasteiger partial charge in [0.1, 0.15) is 17.5 Å². The lowest BCUT2D eigenvalue weighted by atomic mass is 10.2. The Balaban J connectivity index is 2.29. The van der Waals surface area contributed by atoms with Crippen LogP contribution in [0.25, 0.3) is 0 Å².